The number of rotatable bonds is 7. The van der Waals surface area contributed by atoms with E-state index in [9.17, 15) is 18.0 Å². The Kier molecular flexibility index (Phi) is 8.59. The highest BCUT2D eigenvalue weighted by atomic mass is 32.2. The fourth-order valence-electron chi connectivity index (χ4n) is 2.16. The summed E-state index contributed by atoms with van der Waals surface area (Å²) in [6.45, 7) is 3.14. The Labute approximate surface area is 152 Å². The van der Waals surface area contributed by atoms with Crippen molar-refractivity contribution in [2.45, 2.75) is 25.8 Å². The SMILES string of the molecule is CNSC(=O)N(C(=O)C(CN=S(=O)=O)c1ccc(OC)cc1)C(C)C. The van der Waals surface area contributed by atoms with Gasteiger partial charge in [0.25, 0.3) is 0 Å². The second-order valence-corrected chi connectivity index (χ2v) is 6.88. The minimum atomic E-state index is -2.64. The molecule has 1 rings (SSSR count). The predicted octanol–water partition coefficient (Wildman–Crippen LogP) is 2.07. The molecule has 0 saturated heterocycles. The molecule has 1 unspecified atom stereocenters. The topological polar surface area (TPSA) is 105 Å². The van der Waals surface area contributed by atoms with Crippen molar-refractivity contribution < 1.29 is 22.7 Å². The van der Waals surface area contributed by atoms with E-state index in [0.717, 1.165) is 16.8 Å². The van der Waals surface area contributed by atoms with Crippen LogP contribution in [0.25, 0.3) is 0 Å². The van der Waals surface area contributed by atoms with Gasteiger partial charge in [-0.1, -0.05) is 12.1 Å². The number of benzene rings is 1. The standard InChI is InChI=1S/C15H21N3O5S2/c1-10(2)18(15(20)24-16-3)14(19)13(9-17-25(21)22)11-5-7-12(23-4)8-6-11/h5-8,10,13,16H,9H2,1-4H3. The molecule has 0 aromatic heterocycles. The van der Waals surface area contributed by atoms with Gasteiger partial charge in [0.1, 0.15) is 5.75 Å². The summed E-state index contributed by atoms with van der Waals surface area (Å²) in [5.74, 6) is -0.809. The minimum absolute atomic E-state index is 0.276. The predicted molar refractivity (Wildman–Crippen MR) is 96.0 cm³/mol. The summed E-state index contributed by atoms with van der Waals surface area (Å²) >= 11 is 0.783. The van der Waals surface area contributed by atoms with Crippen molar-refractivity contribution in [2.75, 3.05) is 20.7 Å². The molecule has 10 heteroatoms. The number of nitrogens with one attached hydrogen (secondary N) is 1. The molecule has 0 bridgehead atoms. The lowest BCUT2D eigenvalue weighted by atomic mass is 9.97. The Morgan fingerprint density at radius 3 is 2.32 bits per heavy atom. The maximum absolute atomic E-state index is 12.9. The van der Waals surface area contributed by atoms with Gasteiger partial charge in [-0.15, -0.1) is 0 Å². The molecule has 0 heterocycles. The summed E-state index contributed by atoms with van der Waals surface area (Å²) < 4.78 is 32.7. The van der Waals surface area contributed by atoms with Crippen LogP contribution < -0.4 is 9.46 Å². The van der Waals surface area contributed by atoms with Crippen LogP contribution >= 0.6 is 11.9 Å². The first-order valence-electron chi connectivity index (χ1n) is 7.43. The van der Waals surface area contributed by atoms with E-state index in [1.807, 2.05) is 0 Å². The van der Waals surface area contributed by atoms with Crippen LogP contribution in [0, 0.1) is 0 Å². The van der Waals surface area contributed by atoms with Crippen LogP contribution in [-0.4, -0.2) is 51.2 Å². The summed E-state index contributed by atoms with van der Waals surface area (Å²) in [5, 5.41) is -0.468. The van der Waals surface area contributed by atoms with E-state index in [2.05, 4.69) is 9.08 Å². The molecule has 1 aromatic rings. The number of ether oxygens (including phenoxy) is 1. The Hall–Kier alpha value is -1.91. The fraction of sp³-hybridized carbons (Fsp3) is 0.467. The number of imide groups is 1. The molecule has 0 aliphatic carbocycles. The van der Waals surface area contributed by atoms with Crippen LogP contribution in [0.15, 0.2) is 28.6 Å². The van der Waals surface area contributed by atoms with Crippen molar-refractivity contribution in [2.24, 2.45) is 4.36 Å². The number of carbonyl (C=O) groups excluding carboxylic acids is 2. The van der Waals surface area contributed by atoms with Gasteiger partial charge in [0, 0.05) is 18.0 Å². The van der Waals surface area contributed by atoms with Gasteiger partial charge in [-0.25, -0.2) is 0 Å². The molecule has 0 saturated carbocycles. The zero-order chi connectivity index (χ0) is 19.0. The molecule has 1 atom stereocenters. The third kappa shape index (κ3) is 6.15. The summed E-state index contributed by atoms with van der Waals surface area (Å²) in [6, 6.07) is 6.23. The first-order valence-corrected chi connectivity index (χ1v) is 9.28. The first-order chi connectivity index (χ1) is 11.8. The first kappa shape index (κ1) is 21.1. The van der Waals surface area contributed by atoms with Crippen LogP contribution in [-0.2, 0) is 15.3 Å². The Morgan fingerprint density at radius 2 is 1.88 bits per heavy atom. The van der Waals surface area contributed by atoms with Gasteiger partial charge in [-0.3, -0.25) is 19.2 Å². The van der Waals surface area contributed by atoms with Gasteiger partial charge in [0.15, 0.2) is 0 Å². The molecule has 25 heavy (non-hydrogen) atoms. The van der Waals surface area contributed by atoms with E-state index >= 15 is 0 Å². The van der Waals surface area contributed by atoms with E-state index < -0.39 is 27.6 Å². The lowest BCUT2D eigenvalue weighted by Crippen LogP contribution is -2.43. The van der Waals surface area contributed by atoms with Crippen LogP contribution in [0.4, 0.5) is 4.79 Å². The highest BCUT2D eigenvalue weighted by Crippen LogP contribution is 2.24. The van der Waals surface area contributed by atoms with E-state index in [1.54, 1.807) is 45.2 Å². The average molecular weight is 387 g/mol. The van der Waals surface area contributed by atoms with E-state index in [4.69, 9.17) is 4.74 Å². The molecule has 0 aliphatic heterocycles. The van der Waals surface area contributed by atoms with Crippen molar-refractivity contribution in [3.05, 3.63) is 29.8 Å². The molecule has 0 fully saturated rings. The molecule has 0 aliphatic rings. The van der Waals surface area contributed by atoms with Gasteiger partial charge in [-0.05, 0) is 38.6 Å². The third-order valence-electron chi connectivity index (χ3n) is 3.32. The van der Waals surface area contributed by atoms with Gasteiger partial charge >= 0.3 is 15.7 Å². The Balaban J connectivity index is 3.25. The molecule has 0 spiro atoms. The van der Waals surface area contributed by atoms with Crippen molar-refractivity contribution in [3.63, 3.8) is 0 Å². The molecule has 1 N–H and O–H groups in total. The number of hydrogen-bond donors (Lipinski definition) is 1. The van der Waals surface area contributed by atoms with Gasteiger partial charge < -0.3 is 4.74 Å². The normalized spacial score (nSPS) is 11.7. The number of nitrogens with zero attached hydrogens (tertiary/aromatic N) is 2. The maximum atomic E-state index is 12.9. The highest BCUT2D eigenvalue weighted by Gasteiger charge is 2.32. The lowest BCUT2D eigenvalue weighted by Gasteiger charge is -2.27. The van der Waals surface area contributed by atoms with Crippen LogP contribution in [0.2, 0.25) is 0 Å². The fourth-order valence-corrected chi connectivity index (χ4v) is 3.00. The van der Waals surface area contributed by atoms with Gasteiger partial charge in [-0.2, -0.15) is 12.8 Å². The second kappa shape index (κ2) is 10.2. The number of carbonyl (C=O) groups is 2. The highest BCUT2D eigenvalue weighted by molar-refractivity contribution is 8.11. The summed E-state index contributed by atoms with van der Waals surface area (Å²) in [6.07, 6.45) is 0. The number of methoxy groups -OCH3 is 1. The zero-order valence-electron chi connectivity index (χ0n) is 14.4. The van der Waals surface area contributed by atoms with Crippen molar-refractivity contribution in [1.29, 1.82) is 0 Å². The van der Waals surface area contributed by atoms with Crippen LogP contribution in [0.3, 0.4) is 0 Å². The quantitative estimate of drug-likeness (QED) is 0.714. The molecular formula is C15H21N3O5S2. The zero-order valence-corrected chi connectivity index (χ0v) is 16.1. The largest absolute Gasteiger partial charge is 0.497 e. The lowest BCUT2D eigenvalue weighted by molar-refractivity contribution is -0.130. The number of hydrogen-bond acceptors (Lipinski definition) is 8. The van der Waals surface area contributed by atoms with Crippen molar-refractivity contribution in [1.82, 2.24) is 9.62 Å². The van der Waals surface area contributed by atoms with E-state index in [-0.39, 0.29) is 12.6 Å². The van der Waals surface area contributed by atoms with E-state index in [1.165, 1.54) is 7.11 Å². The second-order valence-electron chi connectivity index (χ2n) is 5.23. The average Bonchev–Trinajstić information content (AvgIpc) is 2.55. The summed E-state index contributed by atoms with van der Waals surface area (Å²) in [5.41, 5.74) is 0.549. The van der Waals surface area contributed by atoms with Gasteiger partial charge in [0.2, 0.25) is 5.91 Å². The molecule has 1 aromatic carbocycles. The van der Waals surface area contributed by atoms with Crippen LogP contribution in [0.1, 0.15) is 25.3 Å². The minimum Gasteiger partial charge on any atom is -0.497 e. The maximum Gasteiger partial charge on any atom is 0.311 e. The monoisotopic (exact) mass is 387 g/mol. The van der Waals surface area contributed by atoms with Crippen molar-refractivity contribution >= 4 is 33.6 Å². The Morgan fingerprint density at radius 1 is 1.28 bits per heavy atom. The molecule has 2 amide bonds. The Bertz CT molecular complexity index is 724. The van der Waals surface area contributed by atoms with Crippen LogP contribution in [0.5, 0.6) is 5.75 Å². The molecular weight excluding hydrogens is 366 g/mol. The summed E-state index contributed by atoms with van der Waals surface area (Å²) in [7, 11) is 0.444. The molecule has 8 nitrogen and oxygen atoms in total. The van der Waals surface area contributed by atoms with E-state index in [0.29, 0.717) is 11.3 Å². The third-order valence-corrected chi connectivity index (χ3v) is 4.25. The van der Waals surface area contributed by atoms with Gasteiger partial charge in [0.05, 0.1) is 19.6 Å². The number of amides is 2. The smallest absolute Gasteiger partial charge is 0.311 e. The molecule has 138 valence electrons. The van der Waals surface area contributed by atoms with Crippen molar-refractivity contribution in [3.8, 4) is 5.75 Å². The summed E-state index contributed by atoms with van der Waals surface area (Å²) in [4.78, 5) is 26.3. The molecule has 0 radical (unpaired) electrons.